The highest BCUT2D eigenvalue weighted by Crippen LogP contribution is 2.24. The summed E-state index contributed by atoms with van der Waals surface area (Å²) in [5.74, 6) is 0. The van der Waals surface area contributed by atoms with Crippen molar-refractivity contribution in [3.05, 3.63) is 48.3 Å². The van der Waals surface area contributed by atoms with Gasteiger partial charge in [0.25, 0.3) is 0 Å². The largest absolute Gasteiger partial charge is 0.243 e. The zero-order valence-electron chi connectivity index (χ0n) is 11.0. The molecule has 20 heavy (non-hydrogen) atoms. The van der Waals surface area contributed by atoms with E-state index < -0.39 is 10.0 Å². The Balaban J connectivity index is 1.97. The Kier molecular flexibility index (Phi) is 2.95. The molecule has 1 aromatic heterocycles. The fraction of sp³-hybridized carbons (Fsp3) is 0.231. The number of aryl methyl sites for hydroxylation is 1. The van der Waals surface area contributed by atoms with Crippen molar-refractivity contribution < 1.29 is 8.42 Å². The molecule has 0 spiro atoms. The molecule has 3 rings (SSSR count). The maximum Gasteiger partial charge on any atom is 0.243 e. The first-order valence-electron chi connectivity index (χ1n) is 6.13. The van der Waals surface area contributed by atoms with Crippen molar-refractivity contribution in [2.24, 2.45) is 0 Å². The van der Waals surface area contributed by atoms with Gasteiger partial charge in [0.15, 0.2) is 0 Å². The van der Waals surface area contributed by atoms with Gasteiger partial charge in [-0.1, -0.05) is 29.5 Å². The van der Waals surface area contributed by atoms with E-state index >= 15 is 0 Å². The topological polar surface area (TPSA) is 68.1 Å². The second-order valence-corrected chi connectivity index (χ2v) is 6.73. The first-order chi connectivity index (χ1) is 9.48. The van der Waals surface area contributed by atoms with E-state index in [1.165, 1.54) is 4.31 Å². The molecule has 104 valence electrons. The molecule has 2 aromatic rings. The lowest BCUT2D eigenvalue weighted by Gasteiger charge is -2.27. The lowest BCUT2D eigenvalue weighted by Crippen LogP contribution is -2.37. The van der Waals surface area contributed by atoms with E-state index in [0.29, 0.717) is 5.70 Å². The highest BCUT2D eigenvalue weighted by atomic mass is 32.2. The van der Waals surface area contributed by atoms with Gasteiger partial charge in [0.05, 0.1) is 35.6 Å². The average Bonchev–Trinajstić information content (AvgIpc) is 2.88. The zero-order chi connectivity index (χ0) is 14.3. The van der Waals surface area contributed by atoms with Crippen molar-refractivity contribution >= 4 is 15.7 Å². The number of hydrogen-bond donors (Lipinski definition) is 0. The van der Waals surface area contributed by atoms with Gasteiger partial charge in [0, 0.05) is 0 Å². The van der Waals surface area contributed by atoms with Crippen LogP contribution < -0.4 is 0 Å². The van der Waals surface area contributed by atoms with Crippen LogP contribution in [0.4, 0.5) is 0 Å². The third-order valence-electron chi connectivity index (χ3n) is 3.28. The summed E-state index contributed by atoms with van der Waals surface area (Å²) in [6.07, 6.45) is 1.56. The van der Waals surface area contributed by atoms with E-state index in [4.69, 9.17) is 0 Å². The summed E-state index contributed by atoms with van der Waals surface area (Å²) in [6.45, 7) is 6.24. The molecule has 2 heterocycles. The van der Waals surface area contributed by atoms with Crippen LogP contribution in [-0.2, 0) is 16.6 Å². The molecule has 1 aromatic carbocycles. The van der Waals surface area contributed by atoms with Gasteiger partial charge in [-0.2, -0.15) is 4.31 Å². The van der Waals surface area contributed by atoms with E-state index in [-0.39, 0.29) is 18.0 Å². The first-order valence-corrected chi connectivity index (χ1v) is 7.57. The maximum absolute atomic E-state index is 12.6. The molecule has 6 nitrogen and oxygen atoms in total. The van der Waals surface area contributed by atoms with Crippen LogP contribution in [0.25, 0.3) is 5.70 Å². The Morgan fingerprint density at radius 2 is 1.90 bits per heavy atom. The van der Waals surface area contributed by atoms with Crippen LogP contribution in [0.5, 0.6) is 0 Å². The summed E-state index contributed by atoms with van der Waals surface area (Å²) in [7, 11) is -3.53. The normalized spacial score (nSPS) is 16.1. The summed E-state index contributed by atoms with van der Waals surface area (Å²) in [5.41, 5.74) is 2.34. The summed E-state index contributed by atoms with van der Waals surface area (Å²) < 4.78 is 28.2. The molecule has 0 radical (unpaired) electrons. The van der Waals surface area contributed by atoms with Crippen LogP contribution in [0.3, 0.4) is 0 Å². The SMILES string of the molecule is C=C1CN(S(=O)(=O)c2ccc(C)cc2)Cc2cnnn21. The smallest absolute Gasteiger partial charge is 0.220 e. The minimum atomic E-state index is -3.53. The number of aromatic nitrogens is 3. The van der Waals surface area contributed by atoms with Crippen LogP contribution in [0, 0.1) is 6.92 Å². The molecule has 1 aliphatic rings. The van der Waals surface area contributed by atoms with Gasteiger partial charge in [-0.25, -0.2) is 13.1 Å². The fourth-order valence-electron chi connectivity index (χ4n) is 2.17. The number of fused-ring (bicyclic) bond motifs is 1. The van der Waals surface area contributed by atoms with E-state index in [2.05, 4.69) is 16.9 Å². The molecule has 0 fully saturated rings. The molecule has 0 bridgehead atoms. The standard InChI is InChI=1S/C13H14N4O2S/c1-10-3-5-13(6-4-10)20(18,19)16-8-11(2)17-12(9-16)7-14-15-17/h3-7H,2,8-9H2,1H3. The maximum atomic E-state index is 12.6. The molecule has 0 amide bonds. The highest BCUT2D eigenvalue weighted by Gasteiger charge is 2.30. The first kappa shape index (κ1) is 13.0. The van der Waals surface area contributed by atoms with Crippen LogP contribution in [-0.4, -0.2) is 34.3 Å². The Bertz CT molecular complexity index is 762. The molecule has 0 atom stereocenters. The van der Waals surface area contributed by atoms with Crippen LogP contribution >= 0.6 is 0 Å². The number of sulfonamides is 1. The van der Waals surface area contributed by atoms with Crippen molar-refractivity contribution in [3.8, 4) is 0 Å². The van der Waals surface area contributed by atoms with Crippen molar-refractivity contribution in [2.75, 3.05) is 6.54 Å². The van der Waals surface area contributed by atoms with E-state index in [1.54, 1.807) is 35.1 Å². The van der Waals surface area contributed by atoms with Crippen molar-refractivity contribution in [2.45, 2.75) is 18.4 Å². The van der Waals surface area contributed by atoms with Gasteiger partial charge in [0.2, 0.25) is 10.0 Å². The predicted octanol–water partition coefficient (Wildman–Crippen LogP) is 1.26. The monoisotopic (exact) mass is 290 g/mol. The van der Waals surface area contributed by atoms with Crippen LogP contribution in [0.15, 0.2) is 41.9 Å². The van der Waals surface area contributed by atoms with E-state index in [9.17, 15) is 8.42 Å². The van der Waals surface area contributed by atoms with Gasteiger partial charge >= 0.3 is 0 Å². The average molecular weight is 290 g/mol. The highest BCUT2D eigenvalue weighted by molar-refractivity contribution is 7.89. The van der Waals surface area contributed by atoms with Gasteiger partial charge in [-0.05, 0) is 19.1 Å². The van der Waals surface area contributed by atoms with Crippen molar-refractivity contribution in [3.63, 3.8) is 0 Å². The molecule has 7 heteroatoms. The Hall–Kier alpha value is -1.99. The predicted molar refractivity (Wildman–Crippen MR) is 74.1 cm³/mol. The molecule has 0 aliphatic carbocycles. The lowest BCUT2D eigenvalue weighted by molar-refractivity contribution is 0.408. The zero-order valence-corrected chi connectivity index (χ0v) is 11.8. The van der Waals surface area contributed by atoms with Gasteiger partial charge < -0.3 is 0 Å². The van der Waals surface area contributed by atoms with Crippen molar-refractivity contribution in [1.82, 2.24) is 19.3 Å². The number of benzene rings is 1. The third-order valence-corrected chi connectivity index (χ3v) is 5.08. The van der Waals surface area contributed by atoms with Gasteiger partial charge in [0.1, 0.15) is 0 Å². The minimum Gasteiger partial charge on any atom is -0.220 e. The summed E-state index contributed by atoms with van der Waals surface area (Å²) in [4.78, 5) is 0.289. The summed E-state index contributed by atoms with van der Waals surface area (Å²) in [5, 5.41) is 7.67. The Morgan fingerprint density at radius 3 is 2.60 bits per heavy atom. The Morgan fingerprint density at radius 1 is 1.20 bits per heavy atom. The van der Waals surface area contributed by atoms with Crippen molar-refractivity contribution in [1.29, 1.82) is 0 Å². The second kappa shape index (κ2) is 4.53. The number of nitrogens with zero attached hydrogens (tertiary/aromatic N) is 4. The Labute approximate surface area is 117 Å². The third kappa shape index (κ3) is 2.04. The number of hydrogen-bond acceptors (Lipinski definition) is 4. The van der Waals surface area contributed by atoms with E-state index in [0.717, 1.165) is 11.3 Å². The molecule has 0 N–H and O–H groups in total. The van der Waals surface area contributed by atoms with Gasteiger partial charge in [-0.3, -0.25) is 0 Å². The van der Waals surface area contributed by atoms with E-state index in [1.807, 2.05) is 6.92 Å². The molecule has 0 saturated heterocycles. The summed E-state index contributed by atoms with van der Waals surface area (Å²) in [6, 6.07) is 6.82. The lowest BCUT2D eigenvalue weighted by atomic mass is 10.2. The summed E-state index contributed by atoms with van der Waals surface area (Å²) >= 11 is 0. The quantitative estimate of drug-likeness (QED) is 0.835. The number of rotatable bonds is 2. The molecule has 0 saturated carbocycles. The van der Waals surface area contributed by atoms with Gasteiger partial charge in [-0.15, -0.1) is 5.10 Å². The molecule has 0 unspecified atom stereocenters. The molecular formula is C13H14N4O2S. The second-order valence-electron chi connectivity index (χ2n) is 4.79. The van der Waals surface area contributed by atoms with Crippen LogP contribution in [0.2, 0.25) is 0 Å². The van der Waals surface area contributed by atoms with Crippen LogP contribution in [0.1, 0.15) is 11.3 Å². The minimum absolute atomic E-state index is 0.215. The molecular weight excluding hydrogens is 276 g/mol. The fourth-order valence-corrected chi connectivity index (χ4v) is 3.57. The molecule has 1 aliphatic heterocycles.